The molecule has 0 bridgehead atoms. The van der Waals surface area contributed by atoms with E-state index >= 15 is 0 Å². The third-order valence-corrected chi connectivity index (χ3v) is 4.22. The van der Waals surface area contributed by atoms with E-state index in [0.29, 0.717) is 6.61 Å². The molecule has 2 heterocycles. The normalized spacial score (nSPS) is 18.7. The molecule has 1 aliphatic rings. The van der Waals surface area contributed by atoms with Gasteiger partial charge in [0.05, 0.1) is 12.6 Å². The van der Waals surface area contributed by atoms with Crippen molar-refractivity contribution in [1.82, 2.24) is 15.2 Å². The number of carbonyl (C=O) groups excluding carboxylic acids is 1. The molecule has 0 aliphatic carbocycles. The summed E-state index contributed by atoms with van der Waals surface area (Å²) in [6.07, 6.45) is 3.59. The molecule has 6 nitrogen and oxygen atoms in total. The lowest BCUT2D eigenvalue weighted by atomic mass is 10.0. The summed E-state index contributed by atoms with van der Waals surface area (Å²) in [6.45, 7) is 4.60. The van der Waals surface area contributed by atoms with Crippen LogP contribution in [0.4, 0.5) is 0 Å². The van der Waals surface area contributed by atoms with Crippen LogP contribution in [0, 0.1) is 0 Å². The zero-order chi connectivity index (χ0) is 18.2. The Kier molecular flexibility index (Phi) is 6.33. The molecule has 136 valence electrons. The van der Waals surface area contributed by atoms with Gasteiger partial charge < -0.3 is 15.0 Å². The van der Waals surface area contributed by atoms with Gasteiger partial charge in [0, 0.05) is 32.0 Å². The maximum Gasteiger partial charge on any atom is 0.327 e. The second kappa shape index (κ2) is 9.10. The average molecular weight is 352 g/mol. The van der Waals surface area contributed by atoms with Crippen LogP contribution in [0.3, 0.4) is 0 Å². The molecule has 0 saturated carbocycles. The molecule has 1 unspecified atom stereocenters. The van der Waals surface area contributed by atoms with E-state index in [1.165, 1.54) is 5.56 Å². The number of hydrogen-bond donors (Lipinski definition) is 1. The smallest absolute Gasteiger partial charge is 0.327 e. The van der Waals surface area contributed by atoms with Gasteiger partial charge in [-0.25, -0.2) is 0 Å². The number of piperazine rings is 1. The standard InChI is InChI=1S/C20H24N4O2/c1-2-26-18(25)14-23-20-19(17-9-6-10-21-13-17)22-11-12-24(20)15-16-7-4-3-5-8-16/h3-10,13,19,22H,2,11-12,14-15H2,1H3/b23-20-. The highest BCUT2D eigenvalue weighted by atomic mass is 16.5. The second-order valence-corrected chi connectivity index (χ2v) is 6.06. The van der Waals surface area contributed by atoms with Crippen molar-refractivity contribution in [3.05, 3.63) is 66.0 Å². The summed E-state index contributed by atoms with van der Waals surface area (Å²) in [5.74, 6) is 0.538. The van der Waals surface area contributed by atoms with Crippen molar-refractivity contribution in [3.63, 3.8) is 0 Å². The Morgan fingerprint density at radius 3 is 2.88 bits per heavy atom. The van der Waals surface area contributed by atoms with Crippen LogP contribution in [-0.4, -0.2) is 47.9 Å². The van der Waals surface area contributed by atoms with Crippen LogP contribution in [0.5, 0.6) is 0 Å². The number of nitrogens with one attached hydrogen (secondary N) is 1. The summed E-state index contributed by atoms with van der Waals surface area (Å²) < 4.78 is 5.03. The lowest BCUT2D eigenvalue weighted by Crippen LogP contribution is -2.50. The monoisotopic (exact) mass is 352 g/mol. The fraction of sp³-hybridized carbons (Fsp3) is 0.350. The van der Waals surface area contributed by atoms with Crippen molar-refractivity contribution in [2.45, 2.75) is 19.5 Å². The first kappa shape index (κ1) is 18.1. The van der Waals surface area contributed by atoms with E-state index in [0.717, 1.165) is 31.0 Å². The minimum Gasteiger partial charge on any atom is -0.465 e. The number of benzene rings is 1. The van der Waals surface area contributed by atoms with Gasteiger partial charge in [-0.05, 0) is 24.1 Å². The molecule has 1 aromatic heterocycles. The third-order valence-electron chi connectivity index (χ3n) is 4.22. The van der Waals surface area contributed by atoms with Gasteiger partial charge in [0.15, 0.2) is 0 Å². The summed E-state index contributed by atoms with van der Waals surface area (Å²) in [5.41, 5.74) is 2.25. The minimum absolute atomic E-state index is 0.0207. The average Bonchev–Trinajstić information content (AvgIpc) is 2.68. The molecule has 1 aromatic carbocycles. The first-order chi connectivity index (χ1) is 12.8. The van der Waals surface area contributed by atoms with E-state index < -0.39 is 0 Å². The first-order valence-corrected chi connectivity index (χ1v) is 8.90. The molecule has 1 fully saturated rings. The van der Waals surface area contributed by atoms with Crippen molar-refractivity contribution in [2.24, 2.45) is 4.99 Å². The Morgan fingerprint density at radius 1 is 1.31 bits per heavy atom. The van der Waals surface area contributed by atoms with Crippen LogP contribution in [0.1, 0.15) is 24.1 Å². The minimum atomic E-state index is -0.310. The summed E-state index contributed by atoms with van der Waals surface area (Å²) in [5, 5.41) is 3.49. The van der Waals surface area contributed by atoms with Crippen LogP contribution < -0.4 is 5.32 Å². The first-order valence-electron chi connectivity index (χ1n) is 8.90. The Labute approximate surface area is 153 Å². The van der Waals surface area contributed by atoms with Gasteiger partial charge >= 0.3 is 5.97 Å². The molecule has 1 saturated heterocycles. The van der Waals surface area contributed by atoms with Gasteiger partial charge in [0.25, 0.3) is 0 Å². The highest BCUT2D eigenvalue weighted by molar-refractivity contribution is 5.90. The maximum absolute atomic E-state index is 11.8. The number of nitrogens with zero attached hydrogens (tertiary/aromatic N) is 3. The molecule has 1 atom stereocenters. The highest BCUT2D eigenvalue weighted by Gasteiger charge is 2.28. The molecular weight excluding hydrogens is 328 g/mol. The number of amidine groups is 1. The molecule has 0 spiro atoms. The van der Waals surface area contributed by atoms with Crippen LogP contribution in [0.15, 0.2) is 59.9 Å². The number of rotatable bonds is 6. The zero-order valence-corrected chi connectivity index (χ0v) is 15.0. The summed E-state index contributed by atoms with van der Waals surface area (Å²) in [4.78, 5) is 22.9. The van der Waals surface area contributed by atoms with Gasteiger partial charge in [-0.1, -0.05) is 36.4 Å². The molecule has 3 rings (SSSR count). The Hall–Kier alpha value is -2.73. The molecule has 1 aliphatic heterocycles. The van der Waals surface area contributed by atoms with E-state index in [2.05, 4.69) is 32.3 Å². The largest absolute Gasteiger partial charge is 0.465 e. The zero-order valence-electron chi connectivity index (χ0n) is 15.0. The number of hydrogen-bond acceptors (Lipinski definition) is 5. The number of aromatic nitrogens is 1. The van der Waals surface area contributed by atoms with E-state index in [1.807, 2.05) is 36.5 Å². The lowest BCUT2D eigenvalue weighted by molar-refractivity contribution is -0.141. The topological polar surface area (TPSA) is 66.8 Å². The highest BCUT2D eigenvalue weighted by Crippen LogP contribution is 2.21. The predicted octanol–water partition coefficient (Wildman–Crippen LogP) is 2.19. The number of pyridine rings is 1. The van der Waals surface area contributed by atoms with Crippen LogP contribution in [0.25, 0.3) is 0 Å². The SMILES string of the molecule is CCOC(=O)C/N=C1/C(c2cccnc2)NCCN1Cc1ccccc1. The molecule has 26 heavy (non-hydrogen) atoms. The fourth-order valence-corrected chi connectivity index (χ4v) is 3.05. The fourth-order valence-electron chi connectivity index (χ4n) is 3.05. The van der Waals surface area contributed by atoms with Gasteiger partial charge in [-0.3, -0.25) is 14.8 Å². The summed E-state index contributed by atoms with van der Waals surface area (Å²) in [7, 11) is 0. The Bertz CT molecular complexity index is 734. The van der Waals surface area contributed by atoms with Crippen molar-refractivity contribution >= 4 is 11.8 Å². The summed E-state index contributed by atoms with van der Waals surface area (Å²) in [6, 6.07) is 14.1. The Morgan fingerprint density at radius 2 is 2.15 bits per heavy atom. The van der Waals surface area contributed by atoms with Crippen molar-refractivity contribution in [3.8, 4) is 0 Å². The molecule has 2 aromatic rings. The number of carbonyl (C=O) groups is 1. The predicted molar refractivity (Wildman–Crippen MR) is 101 cm³/mol. The van der Waals surface area contributed by atoms with Crippen molar-refractivity contribution in [1.29, 1.82) is 0 Å². The molecule has 0 amide bonds. The third kappa shape index (κ3) is 4.67. The summed E-state index contributed by atoms with van der Waals surface area (Å²) >= 11 is 0. The van der Waals surface area contributed by atoms with Crippen LogP contribution in [0.2, 0.25) is 0 Å². The van der Waals surface area contributed by atoms with Gasteiger partial charge in [0.2, 0.25) is 0 Å². The lowest BCUT2D eigenvalue weighted by Gasteiger charge is -2.37. The molecular formula is C20H24N4O2. The number of esters is 1. The number of ether oxygens (including phenoxy) is 1. The van der Waals surface area contributed by atoms with Crippen molar-refractivity contribution in [2.75, 3.05) is 26.2 Å². The number of aliphatic imine (C=N–C) groups is 1. The van der Waals surface area contributed by atoms with Gasteiger partial charge in [0.1, 0.15) is 12.4 Å². The van der Waals surface area contributed by atoms with Gasteiger partial charge in [-0.15, -0.1) is 0 Å². The van der Waals surface area contributed by atoms with Crippen LogP contribution >= 0.6 is 0 Å². The van der Waals surface area contributed by atoms with E-state index in [-0.39, 0.29) is 18.6 Å². The second-order valence-electron chi connectivity index (χ2n) is 6.06. The maximum atomic E-state index is 11.8. The van der Waals surface area contributed by atoms with E-state index in [4.69, 9.17) is 4.74 Å². The van der Waals surface area contributed by atoms with Gasteiger partial charge in [-0.2, -0.15) is 0 Å². The molecule has 1 N–H and O–H groups in total. The molecule has 6 heteroatoms. The van der Waals surface area contributed by atoms with Crippen LogP contribution in [-0.2, 0) is 16.1 Å². The van der Waals surface area contributed by atoms with E-state index in [9.17, 15) is 4.79 Å². The van der Waals surface area contributed by atoms with Crippen molar-refractivity contribution < 1.29 is 9.53 Å². The molecule has 0 radical (unpaired) electrons. The van der Waals surface area contributed by atoms with E-state index in [1.54, 1.807) is 13.1 Å². The quantitative estimate of drug-likeness (QED) is 0.807. The Balaban J connectivity index is 1.86.